The van der Waals surface area contributed by atoms with Crippen LogP contribution in [0.4, 0.5) is 0 Å². The molecule has 27 heavy (non-hydrogen) atoms. The zero-order valence-corrected chi connectivity index (χ0v) is 19.5. The summed E-state index contributed by atoms with van der Waals surface area (Å²) in [6.45, 7) is 15.9. The summed E-state index contributed by atoms with van der Waals surface area (Å²) in [6.07, 6.45) is 17.0. The van der Waals surface area contributed by atoms with Gasteiger partial charge >= 0.3 is 0 Å². The fourth-order valence-electron chi connectivity index (χ4n) is 5.99. The lowest BCUT2D eigenvalue weighted by molar-refractivity contribution is 0.392. The number of hydrogen-bond donors (Lipinski definition) is 1. The molecule has 1 aliphatic carbocycles. The monoisotopic (exact) mass is 371 g/mol. The van der Waals surface area contributed by atoms with E-state index in [4.69, 9.17) is 0 Å². The molecule has 2 aliphatic rings. The summed E-state index contributed by atoms with van der Waals surface area (Å²) in [6, 6.07) is 0.564. The van der Waals surface area contributed by atoms with Crippen LogP contribution in [0.5, 0.6) is 0 Å². The van der Waals surface area contributed by atoms with Crippen LogP contribution in [0.25, 0.3) is 0 Å². The Balaban J connectivity index is 2.45. The fraction of sp³-hybridized carbons (Fsp3) is 0.840. The average molecular weight is 371 g/mol. The van der Waals surface area contributed by atoms with Gasteiger partial charge in [-0.3, -0.25) is 0 Å². The highest BCUT2D eigenvalue weighted by molar-refractivity contribution is 6.08. The van der Waals surface area contributed by atoms with E-state index in [1.54, 1.807) is 11.1 Å². The predicted octanol–water partition coefficient (Wildman–Crippen LogP) is 6.32. The van der Waals surface area contributed by atoms with E-state index in [0.29, 0.717) is 22.8 Å². The molecule has 0 amide bonds. The number of hydrogen-bond acceptors (Lipinski definition) is 1. The molecule has 0 aromatic carbocycles. The van der Waals surface area contributed by atoms with Crippen molar-refractivity contribution in [2.45, 2.75) is 105 Å². The van der Waals surface area contributed by atoms with E-state index in [2.05, 4.69) is 66.9 Å². The summed E-state index contributed by atoms with van der Waals surface area (Å²) in [7, 11) is 2.33. The zero-order chi connectivity index (χ0) is 20.1. The number of nitrogens with one attached hydrogen (secondary N) is 1. The largest absolute Gasteiger partial charge is 0.310 e. The molecular formula is C25H46BN. The van der Waals surface area contributed by atoms with Crippen molar-refractivity contribution < 1.29 is 0 Å². The number of rotatable bonds is 7. The van der Waals surface area contributed by atoms with E-state index in [1.165, 1.54) is 64.2 Å². The fourth-order valence-corrected chi connectivity index (χ4v) is 5.99. The maximum Gasteiger partial charge on any atom is 0.101 e. The second kappa shape index (κ2) is 9.81. The summed E-state index contributed by atoms with van der Waals surface area (Å²) in [5.41, 5.74) is 4.16. The Morgan fingerprint density at radius 3 is 2.44 bits per heavy atom. The predicted molar refractivity (Wildman–Crippen MR) is 124 cm³/mol. The van der Waals surface area contributed by atoms with E-state index in [1.807, 2.05) is 0 Å². The first kappa shape index (κ1) is 22.8. The second-order valence-electron chi connectivity index (χ2n) is 10.0. The molecule has 1 saturated carbocycles. The Kier molecular flexibility index (Phi) is 8.28. The van der Waals surface area contributed by atoms with Crippen molar-refractivity contribution in [3.8, 4) is 0 Å². The maximum atomic E-state index is 3.98. The van der Waals surface area contributed by atoms with Gasteiger partial charge in [0.25, 0.3) is 0 Å². The molecule has 1 aliphatic heterocycles. The van der Waals surface area contributed by atoms with Crippen molar-refractivity contribution in [1.29, 1.82) is 0 Å². The summed E-state index contributed by atoms with van der Waals surface area (Å²) in [5.74, 6) is 1.38. The van der Waals surface area contributed by atoms with Gasteiger partial charge in [-0.05, 0) is 61.1 Å². The molecule has 0 bridgehead atoms. The van der Waals surface area contributed by atoms with Gasteiger partial charge in [-0.2, -0.15) is 0 Å². The highest BCUT2D eigenvalue weighted by Crippen LogP contribution is 2.75. The van der Waals surface area contributed by atoms with Gasteiger partial charge < -0.3 is 5.32 Å². The molecule has 2 rings (SSSR count). The SMILES string of the molecule is BCCC[C@]1(C)C(C)C1(C)C(/C=C\C)=C(/C(C)C)C1CCCCCCCN1. The van der Waals surface area contributed by atoms with Crippen molar-refractivity contribution in [3.05, 3.63) is 23.3 Å². The Bertz CT molecular complexity index is 524. The molecule has 1 nitrogen and oxygen atoms in total. The molecule has 1 N–H and O–H groups in total. The van der Waals surface area contributed by atoms with Gasteiger partial charge in [0.15, 0.2) is 0 Å². The van der Waals surface area contributed by atoms with Crippen LogP contribution in [0.1, 0.15) is 92.9 Å². The highest BCUT2D eigenvalue weighted by Gasteiger charge is 2.68. The Labute approximate surface area is 171 Å². The van der Waals surface area contributed by atoms with Gasteiger partial charge in [0, 0.05) is 11.5 Å². The lowest BCUT2D eigenvalue weighted by Gasteiger charge is -2.31. The normalized spacial score (nSPS) is 36.3. The van der Waals surface area contributed by atoms with E-state index in [9.17, 15) is 0 Å². The third-order valence-corrected chi connectivity index (χ3v) is 8.24. The molecule has 1 heterocycles. The first-order chi connectivity index (χ1) is 12.8. The summed E-state index contributed by atoms with van der Waals surface area (Å²) >= 11 is 0. The average Bonchev–Trinajstić information content (AvgIpc) is 3.03. The van der Waals surface area contributed by atoms with Gasteiger partial charge in [-0.15, -0.1) is 0 Å². The van der Waals surface area contributed by atoms with Gasteiger partial charge in [0.2, 0.25) is 0 Å². The molecule has 2 heteroatoms. The highest BCUT2D eigenvalue weighted by atomic mass is 14.9. The molecule has 0 spiro atoms. The van der Waals surface area contributed by atoms with Crippen LogP contribution in [0.2, 0.25) is 6.32 Å². The summed E-state index contributed by atoms with van der Waals surface area (Å²) in [5, 5.41) is 3.98. The Morgan fingerprint density at radius 2 is 1.81 bits per heavy atom. The zero-order valence-electron chi connectivity index (χ0n) is 19.5. The maximum absolute atomic E-state index is 3.98. The first-order valence-corrected chi connectivity index (χ1v) is 11.9. The van der Waals surface area contributed by atoms with Crippen LogP contribution in [-0.2, 0) is 0 Å². The standard InChI is InChI=1S/C25H46BN/c1-7-14-21(25(6)20(4)24(25,5)16-13-17-26)23(19(2)3)22-15-11-9-8-10-12-18-27-22/h7,14,19-20,22,27H,8-13,15-18,26H2,1-6H3/b14-7-,23-21-/t20?,22?,24-,25?/m1/s1. The minimum atomic E-state index is 0.328. The lowest BCUT2D eigenvalue weighted by atomic mass is 9.77. The van der Waals surface area contributed by atoms with Crippen LogP contribution in [-0.4, -0.2) is 20.4 Å². The minimum Gasteiger partial charge on any atom is -0.310 e. The van der Waals surface area contributed by atoms with Gasteiger partial charge in [-0.1, -0.05) is 85.2 Å². The van der Waals surface area contributed by atoms with Crippen LogP contribution in [0.3, 0.4) is 0 Å². The topological polar surface area (TPSA) is 12.0 Å². The van der Waals surface area contributed by atoms with Crippen molar-refractivity contribution >= 4 is 7.85 Å². The third kappa shape index (κ3) is 4.57. The van der Waals surface area contributed by atoms with Gasteiger partial charge in [-0.25, -0.2) is 0 Å². The molecule has 2 fully saturated rings. The van der Waals surface area contributed by atoms with Crippen LogP contribution in [0, 0.1) is 22.7 Å². The Morgan fingerprint density at radius 1 is 1.15 bits per heavy atom. The lowest BCUT2D eigenvalue weighted by Crippen LogP contribution is -2.35. The Hall–Kier alpha value is -0.495. The molecule has 0 radical (unpaired) electrons. The summed E-state index contributed by atoms with van der Waals surface area (Å²) in [4.78, 5) is 0. The third-order valence-electron chi connectivity index (χ3n) is 8.24. The van der Waals surface area contributed by atoms with Crippen LogP contribution >= 0.6 is 0 Å². The van der Waals surface area contributed by atoms with Crippen molar-refractivity contribution in [3.63, 3.8) is 0 Å². The molecular weight excluding hydrogens is 325 g/mol. The van der Waals surface area contributed by atoms with Gasteiger partial charge in [0.05, 0.1) is 0 Å². The molecule has 0 aromatic heterocycles. The van der Waals surface area contributed by atoms with Crippen LogP contribution in [0.15, 0.2) is 23.3 Å². The van der Waals surface area contributed by atoms with Gasteiger partial charge in [0.1, 0.15) is 7.85 Å². The van der Waals surface area contributed by atoms with Crippen LogP contribution < -0.4 is 5.32 Å². The molecule has 3 unspecified atom stereocenters. The van der Waals surface area contributed by atoms with E-state index in [0.717, 1.165) is 5.92 Å². The van der Waals surface area contributed by atoms with Crippen molar-refractivity contribution in [2.75, 3.05) is 6.54 Å². The van der Waals surface area contributed by atoms with E-state index >= 15 is 0 Å². The first-order valence-electron chi connectivity index (χ1n) is 11.9. The number of allylic oxidation sites excluding steroid dienone is 3. The minimum absolute atomic E-state index is 0.328. The molecule has 1 saturated heterocycles. The van der Waals surface area contributed by atoms with E-state index < -0.39 is 0 Å². The molecule has 0 aromatic rings. The van der Waals surface area contributed by atoms with E-state index in [-0.39, 0.29) is 0 Å². The van der Waals surface area contributed by atoms with Crippen molar-refractivity contribution in [2.24, 2.45) is 22.7 Å². The van der Waals surface area contributed by atoms with Crippen molar-refractivity contribution in [1.82, 2.24) is 5.32 Å². The molecule has 4 atom stereocenters. The summed E-state index contributed by atoms with van der Waals surface area (Å²) < 4.78 is 0. The quantitative estimate of drug-likeness (QED) is 0.408. The molecule has 154 valence electrons. The smallest absolute Gasteiger partial charge is 0.101 e. The second-order valence-corrected chi connectivity index (χ2v) is 10.0.